The van der Waals surface area contributed by atoms with Crippen LogP contribution in [0.3, 0.4) is 0 Å². The van der Waals surface area contributed by atoms with Crippen LogP contribution in [-0.2, 0) is 11.3 Å². The van der Waals surface area contributed by atoms with Gasteiger partial charge in [-0.25, -0.2) is 0 Å². The first-order valence-corrected chi connectivity index (χ1v) is 11.2. The molecule has 2 N–H and O–H groups in total. The lowest BCUT2D eigenvalue weighted by molar-refractivity contribution is 0.198. The summed E-state index contributed by atoms with van der Waals surface area (Å²) in [6.07, 6.45) is 9.79. The fourth-order valence-electron chi connectivity index (χ4n) is 3.49. The normalized spacial score (nSPS) is 14.6. The molecule has 0 spiro atoms. The first-order valence-electron chi connectivity index (χ1n) is 11.2. The molecule has 2 heterocycles. The molecule has 32 heavy (non-hydrogen) atoms. The minimum absolute atomic E-state index is 0.579. The van der Waals surface area contributed by atoms with Gasteiger partial charge >= 0.3 is 0 Å². The number of aromatic nitrogens is 2. The number of allylic oxidation sites excluding steroid dienone is 2. The van der Waals surface area contributed by atoms with Crippen molar-refractivity contribution in [2.45, 2.75) is 53.5 Å². The van der Waals surface area contributed by atoms with Gasteiger partial charge in [0.05, 0.1) is 17.3 Å². The summed E-state index contributed by atoms with van der Waals surface area (Å²) in [5.41, 5.74) is 4.69. The molecule has 170 valence electrons. The Hall–Kier alpha value is -3.17. The second-order valence-corrected chi connectivity index (χ2v) is 7.59. The van der Waals surface area contributed by atoms with Gasteiger partial charge in [0.1, 0.15) is 0 Å². The molecule has 0 atom stereocenters. The highest BCUT2D eigenvalue weighted by Crippen LogP contribution is 2.13. The molecule has 1 aromatic heterocycles. The molecule has 2 aromatic rings. The average Bonchev–Trinajstić information content (AvgIpc) is 3.39. The molecule has 0 saturated carbocycles. The second kappa shape index (κ2) is 13.3. The smallest absolute Gasteiger partial charge is 0.156 e. The van der Waals surface area contributed by atoms with E-state index in [9.17, 15) is 5.26 Å². The van der Waals surface area contributed by atoms with Crippen LogP contribution in [0.4, 0.5) is 5.82 Å². The molecule has 0 unspecified atom stereocenters. The van der Waals surface area contributed by atoms with E-state index in [0.717, 1.165) is 58.4 Å². The number of nitriles is 1. The maximum atomic E-state index is 9.23. The van der Waals surface area contributed by atoms with Gasteiger partial charge in [-0.2, -0.15) is 10.4 Å². The predicted molar refractivity (Wildman–Crippen MR) is 131 cm³/mol. The van der Waals surface area contributed by atoms with Crippen molar-refractivity contribution in [1.29, 1.82) is 5.26 Å². The largest absolute Gasteiger partial charge is 0.388 e. The van der Waals surface area contributed by atoms with Crippen molar-refractivity contribution in [2.24, 2.45) is 0 Å². The third kappa shape index (κ3) is 6.93. The van der Waals surface area contributed by atoms with E-state index < -0.39 is 0 Å². The molecule has 3 rings (SSSR count). The van der Waals surface area contributed by atoms with Gasteiger partial charge in [-0.1, -0.05) is 31.2 Å². The second-order valence-electron chi connectivity index (χ2n) is 7.59. The van der Waals surface area contributed by atoms with Gasteiger partial charge in [0, 0.05) is 42.9 Å². The summed E-state index contributed by atoms with van der Waals surface area (Å²) in [6.45, 7) is 10.6. The van der Waals surface area contributed by atoms with Crippen LogP contribution >= 0.6 is 0 Å². The molecule has 1 aromatic carbocycles. The Bertz CT molecular complexity index is 1070. The first kappa shape index (κ1) is 25.1. The summed E-state index contributed by atoms with van der Waals surface area (Å²) in [7, 11) is 1.92. The Morgan fingerprint density at radius 2 is 1.94 bits per heavy atom. The van der Waals surface area contributed by atoms with E-state index >= 15 is 0 Å². The summed E-state index contributed by atoms with van der Waals surface area (Å²) in [6, 6.07) is 8.00. The number of rotatable bonds is 6. The van der Waals surface area contributed by atoms with Crippen LogP contribution < -0.4 is 21.1 Å². The average molecular weight is 434 g/mol. The lowest BCUT2D eigenvalue weighted by Crippen LogP contribution is -2.34. The molecule has 0 bridgehead atoms. The van der Waals surface area contributed by atoms with Gasteiger partial charge in [0.15, 0.2) is 5.82 Å². The summed E-state index contributed by atoms with van der Waals surface area (Å²) >= 11 is 0. The third-order valence-electron chi connectivity index (χ3n) is 5.38. The van der Waals surface area contributed by atoms with Crippen molar-refractivity contribution < 1.29 is 4.74 Å². The van der Waals surface area contributed by atoms with E-state index in [2.05, 4.69) is 52.1 Å². The number of nitrogens with zero attached hydrogens (tertiary/aromatic N) is 3. The van der Waals surface area contributed by atoms with Crippen molar-refractivity contribution in [3.8, 4) is 6.07 Å². The van der Waals surface area contributed by atoms with E-state index in [-0.39, 0.29) is 0 Å². The molecule has 1 saturated heterocycles. The van der Waals surface area contributed by atoms with Crippen molar-refractivity contribution in [3.05, 3.63) is 62.8 Å². The zero-order valence-corrected chi connectivity index (χ0v) is 20.0. The van der Waals surface area contributed by atoms with Crippen molar-refractivity contribution >= 4 is 18.0 Å². The van der Waals surface area contributed by atoms with Crippen LogP contribution in [0.5, 0.6) is 0 Å². The highest BCUT2D eigenvalue weighted by molar-refractivity contribution is 5.54. The van der Waals surface area contributed by atoms with Crippen LogP contribution in [0.25, 0.3) is 12.2 Å². The summed E-state index contributed by atoms with van der Waals surface area (Å²) < 4.78 is 4.94. The molecule has 6 heteroatoms. The van der Waals surface area contributed by atoms with E-state index in [0.29, 0.717) is 12.1 Å². The molecular formula is C26H35N5O. The van der Waals surface area contributed by atoms with Crippen LogP contribution in [0.1, 0.15) is 55.5 Å². The molecule has 1 aliphatic heterocycles. The van der Waals surface area contributed by atoms with Gasteiger partial charge < -0.3 is 15.4 Å². The van der Waals surface area contributed by atoms with E-state index in [1.807, 2.05) is 46.0 Å². The van der Waals surface area contributed by atoms with E-state index in [1.165, 1.54) is 12.8 Å². The fourth-order valence-corrected chi connectivity index (χ4v) is 3.49. The summed E-state index contributed by atoms with van der Waals surface area (Å²) in [5.74, 6) is 0.729. The lowest BCUT2D eigenvalue weighted by Gasteiger charge is -2.11. The number of nitrogens with one attached hydrogen (secondary N) is 2. The van der Waals surface area contributed by atoms with Gasteiger partial charge in [0.2, 0.25) is 0 Å². The lowest BCUT2D eigenvalue weighted by atomic mass is 10.0. The van der Waals surface area contributed by atoms with Crippen molar-refractivity contribution in [3.63, 3.8) is 0 Å². The monoisotopic (exact) mass is 433 g/mol. The summed E-state index contributed by atoms with van der Waals surface area (Å²) in [4.78, 5) is 0. The zero-order chi connectivity index (χ0) is 23.3. The minimum Gasteiger partial charge on any atom is -0.388 e. The third-order valence-corrected chi connectivity index (χ3v) is 5.38. The Labute approximate surface area is 191 Å². The number of benzene rings is 1. The molecule has 0 radical (unpaired) electrons. The Morgan fingerprint density at radius 3 is 2.50 bits per heavy atom. The number of anilines is 1. The van der Waals surface area contributed by atoms with E-state index in [4.69, 9.17) is 4.74 Å². The van der Waals surface area contributed by atoms with Crippen LogP contribution in [0.15, 0.2) is 30.0 Å². The first-order chi connectivity index (χ1) is 15.5. The highest BCUT2D eigenvalue weighted by atomic mass is 16.5. The zero-order valence-electron chi connectivity index (χ0n) is 20.0. The Balaban J connectivity index is 0.000000636. The van der Waals surface area contributed by atoms with Gasteiger partial charge in [-0.05, 0) is 63.3 Å². The number of hydrogen-bond acceptors (Lipinski definition) is 6. The van der Waals surface area contributed by atoms with Gasteiger partial charge in [-0.3, -0.25) is 0 Å². The van der Waals surface area contributed by atoms with Crippen LogP contribution in [0.2, 0.25) is 0 Å². The maximum Gasteiger partial charge on any atom is 0.156 e. The molecule has 0 amide bonds. The topological polar surface area (TPSA) is 82.9 Å². The molecular weight excluding hydrogens is 398 g/mol. The van der Waals surface area contributed by atoms with Crippen molar-refractivity contribution in [1.82, 2.24) is 15.5 Å². The quantitative estimate of drug-likeness (QED) is 0.726. The standard InChI is InChI=1S/C22H27N5.C4H8O/c1-6-9-19(24-5)12-21-20(7-2)16(4)26-27-22(21)25-14-18-11-8-10-17(13-23)15(18)3;1-2-4-5-3-1/h7-12,24H,6,14H2,1-5H3,(H,25,27);1-4H2/b19-9-,20-7-,21-12+;. The molecule has 1 aliphatic rings. The summed E-state index contributed by atoms with van der Waals surface area (Å²) in [5, 5.41) is 26.6. The van der Waals surface area contributed by atoms with Crippen molar-refractivity contribution in [2.75, 3.05) is 25.6 Å². The van der Waals surface area contributed by atoms with Gasteiger partial charge in [0.25, 0.3) is 0 Å². The Morgan fingerprint density at radius 1 is 1.19 bits per heavy atom. The fraction of sp³-hybridized carbons (Fsp3) is 0.423. The maximum absolute atomic E-state index is 9.23. The van der Waals surface area contributed by atoms with Crippen LogP contribution in [-0.4, -0.2) is 30.5 Å². The SMILES string of the molecule is C/C=c1/c(C)nnc(NCc2cccc(C#N)c2C)/c1=C/C(=C/CC)NC.C1CCOC1. The molecule has 6 nitrogen and oxygen atoms in total. The van der Waals surface area contributed by atoms with Gasteiger partial charge in [-0.15, -0.1) is 5.10 Å². The highest BCUT2D eigenvalue weighted by Gasteiger charge is 2.07. The Kier molecular flexibility index (Phi) is 10.4. The molecule has 1 fully saturated rings. The van der Waals surface area contributed by atoms with Crippen LogP contribution in [0, 0.1) is 25.2 Å². The number of aryl methyl sites for hydroxylation is 1. The number of hydrogen-bond donors (Lipinski definition) is 2. The molecule has 0 aliphatic carbocycles. The predicted octanol–water partition coefficient (Wildman–Crippen LogP) is 3.47. The van der Waals surface area contributed by atoms with E-state index in [1.54, 1.807) is 0 Å². The minimum atomic E-state index is 0.579. The number of ether oxygens (including phenoxy) is 1.